The van der Waals surface area contributed by atoms with E-state index < -0.39 is 17.4 Å². The lowest BCUT2D eigenvalue weighted by molar-refractivity contribution is -0.163. The van der Waals surface area contributed by atoms with Crippen LogP contribution in [0.2, 0.25) is 0 Å². The van der Waals surface area contributed by atoms with Gasteiger partial charge in [-0.05, 0) is 143 Å². The summed E-state index contributed by atoms with van der Waals surface area (Å²) in [6.45, 7) is 8.87. The molecular formula is C50H70N6O8. The van der Waals surface area contributed by atoms with Gasteiger partial charge in [0.05, 0.1) is 31.2 Å². The zero-order valence-electron chi connectivity index (χ0n) is 39.3. The number of carbonyl (C=O) groups excluding carboxylic acids is 4. The molecule has 4 bridgehead atoms. The maximum atomic E-state index is 14.4. The Labute approximate surface area is 379 Å². The van der Waals surface area contributed by atoms with Gasteiger partial charge in [-0.25, -0.2) is 9.48 Å². The Kier molecular flexibility index (Phi) is 15.9. The molecule has 1 aromatic heterocycles. The average molecular weight is 883 g/mol. The zero-order valence-corrected chi connectivity index (χ0v) is 39.3. The van der Waals surface area contributed by atoms with Crippen molar-refractivity contribution in [1.29, 1.82) is 0 Å². The number of amides is 3. The van der Waals surface area contributed by atoms with Gasteiger partial charge in [0.2, 0.25) is 5.91 Å². The second-order valence-electron chi connectivity index (χ2n) is 18.9. The Morgan fingerprint density at radius 2 is 1.42 bits per heavy atom. The Balaban J connectivity index is 1.16. The van der Waals surface area contributed by atoms with Crippen molar-refractivity contribution in [3.63, 3.8) is 0 Å². The van der Waals surface area contributed by atoms with Gasteiger partial charge < -0.3 is 34.6 Å². The van der Waals surface area contributed by atoms with Crippen molar-refractivity contribution in [2.45, 2.75) is 109 Å². The summed E-state index contributed by atoms with van der Waals surface area (Å²) in [7, 11) is 8.76. The number of carboxylic acids is 1. The summed E-state index contributed by atoms with van der Waals surface area (Å²) in [6, 6.07) is 12.6. The third kappa shape index (κ3) is 10.5. The van der Waals surface area contributed by atoms with Crippen LogP contribution >= 0.6 is 0 Å². The first kappa shape index (κ1) is 48.2. The van der Waals surface area contributed by atoms with E-state index in [0.29, 0.717) is 71.8 Å². The Morgan fingerprint density at radius 1 is 0.812 bits per heavy atom. The Bertz CT molecular complexity index is 2110. The molecule has 4 aliphatic carbocycles. The second kappa shape index (κ2) is 21.2. The van der Waals surface area contributed by atoms with Gasteiger partial charge in [0.15, 0.2) is 5.69 Å². The van der Waals surface area contributed by atoms with Crippen molar-refractivity contribution in [1.82, 2.24) is 29.8 Å². The van der Waals surface area contributed by atoms with Crippen LogP contribution in [0.15, 0.2) is 42.5 Å². The fraction of sp³-hybridized carbons (Fsp3) is 0.600. The van der Waals surface area contributed by atoms with E-state index in [1.807, 2.05) is 51.2 Å². The zero-order chi connectivity index (χ0) is 46.3. The lowest BCUT2D eigenvalue weighted by atomic mass is 9.48. The quantitative estimate of drug-likeness (QED) is 0.0977. The summed E-state index contributed by atoms with van der Waals surface area (Å²) in [5, 5.41) is 18.8. The number of nitrogens with one attached hydrogen (secondary N) is 1. The van der Waals surface area contributed by atoms with Crippen LogP contribution in [0, 0.1) is 23.7 Å². The van der Waals surface area contributed by atoms with E-state index in [2.05, 4.69) is 17.1 Å². The SMILES string of the molecule is CCCCC(=O)CCC(=O)N(C)CCCN(C)CCCN(C)C(=O)c1ccc(-n2nc(C(=O)NC3(C(=O)O)C4CC5CC(C4)CC3C5)cc2-c2c(OC)cccc2OC)c(C(C)C)c1. The molecule has 4 fully saturated rings. The third-order valence-electron chi connectivity index (χ3n) is 14.1. The maximum absolute atomic E-state index is 14.4. The fourth-order valence-electron chi connectivity index (χ4n) is 10.7. The standard InChI is InChI=1S/C50H70N6O8/c1-9-10-14-38(57)18-20-45(58)54(5)23-12-21-53(4)22-13-24-55(6)48(60)35-17-19-41(39(30-35)32(2)3)56-42(46-43(63-7)15-11-16-44(46)64-8)31-40(52-56)47(59)51-50(49(61)62)36-26-33-25-34(28-36)29-37(50)27-33/h11,15-17,19,30-34,36-37H,9-10,12-14,18,20-29H2,1-8H3,(H,51,59)(H,61,62). The summed E-state index contributed by atoms with van der Waals surface area (Å²) in [4.78, 5) is 71.7. The van der Waals surface area contributed by atoms with E-state index in [1.165, 1.54) is 0 Å². The first-order valence-electron chi connectivity index (χ1n) is 23.3. The van der Waals surface area contributed by atoms with Crippen molar-refractivity contribution < 1.29 is 38.6 Å². The van der Waals surface area contributed by atoms with Crippen molar-refractivity contribution in [2.24, 2.45) is 23.7 Å². The number of nitrogens with zero attached hydrogens (tertiary/aromatic N) is 5. The third-order valence-corrected chi connectivity index (χ3v) is 14.1. The maximum Gasteiger partial charge on any atom is 0.330 e. The molecule has 4 aliphatic rings. The first-order valence-corrected chi connectivity index (χ1v) is 23.3. The summed E-state index contributed by atoms with van der Waals surface area (Å²) in [5.41, 5.74) is 1.83. The lowest BCUT2D eigenvalue weighted by Crippen LogP contribution is -2.70. The molecule has 0 spiro atoms. The number of ketones is 1. The molecule has 14 nitrogen and oxygen atoms in total. The minimum absolute atomic E-state index is 0.00172. The van der Waals surface area contributed by atoms with Gasteiger partial charge in [-0.1, -0.05) is 33.3 Å². The molecule has 3 amide bonds. The van der Waals surface area contributed by atoms with Gasteiger partial charge in [-0.15, -0.1) is 0 Å². The highest BCUT2D eigenvalue weighted by molar-refractivity contribution is 5.98. The predicted octanol–water partition coefficient (Wildman–Crippen LogP) is 7.47. The highest BCUT2D eigenvalue weighted by Gasteiger charge is 2.62. The second-order valence-corrected chi connectivity index (χ2v) is 18.9. The van der Waals surface area contributed by atoms with Crippen molar-refractivity contribution in [3.8, 4) is 28.4 Å². The molecule has 0 unspecified atom stereocenters. The molecule has 64 heavy (non-hydrogen) atoms. The van der Waals surface area contributed by atoms with E-state index in [4.69, 9.17) is 14.6 Å². The van der Waals surface area contributed by atoms with E-state index in [-0.39, 0.29) is 47.5 Å². The molecule has 0 atom stereocenters. The van der Waals surface area contributed by atoms with Crippen LogP contribution < -0.4 is 14.8 Å². The molecule has 1 heterocycles. The van der Waals surface area contributed by atoms with Gasteiger partial charge >= 0.3 is 5.97 Å². The molecule has 0 radical (unpaired) electrons. The van der Waals surface area contributed by atoms with Gasteiger partial charge in [0.1, 0.15) is 22.8 Å². The average Bonchev–Trinajstić information content (AvgIpc) is 3.72. The number of benzene rings is 2. The monoisotopic (exact) mass is 883 g/mol. The number of carbonyl (C=O) groups is 5. The Hall–Kier alpha value is -5.24. The number of unbranched alkanes of at least 4 members (excludes halogenated alkanes) is 1. The lowest BCUT2D eigenvalue weighted by Gasteiger charge is -2.59. The number of ether oxygens (including phenoxy) is 2. The molecule has 0 aliphatic heterocycles. The highest BCUT2D eigenvalue weighted by Crippen LogP contribution is 2.58. The summed E-state index contributed by atoms with van der Waals surface area (Å²) < 4.78 is 13.3. The summed E-state index contributed by atoms with van der Waals surface area (Å²) >= 11 is 0. The largest absolute Gasteiger partial charge is 0.496 e. The van der Waals surface area contributed by atoms with Crippen LogP contribution in [-0.2, 0) is 14.4 Å². The number of hydrogen-bond donors (Lipinski definition) is 2. The van der Waals surface area contributed by atoms with Crippen LogP contribution in [0.25, 0.3) is 16.9 Å². The summed E-state index contributed by atoms with van der Waals surface area (Å²) in [5.74, 6) is 0.245. The minimum Gasteiger partial charge on any atom is -0.496 e. The predicted molar refractivity (Wildman–Crippen MR) is 246 cm³/mol. The number of aromatic nitrogens is 2. The summed E-state index contributed by atoms with van der Waals surface area (Å²) in [6.07, 6.45) is 8.89. The first-order chi connectivity index (χ1) is 30.6. The van der Waals surface area contributed by atoms with E-state index in [1.54, 1.807) is 54.9 Å². The molecule has 3 aromatic rings. The smallest absolute Gasteiger partial charge is 0.330 e. The van der Waals surface area contributed by atoms with E-state index in [9.17, 15) is 29.1 Å². The molecule has 4 saturated carbocycles. The number of rotatable bonds is 23. The van der Waals surface area contributed by atoms with Crippen LogP contribution in [0.4, 0.5) is 0 Å². The normalized spacial score (nSPS) is 21.0. The van der Waals surface area contributed by atoms with E-state index >= 15 is 0 Å². The van der Waals surface area contributed by atoms with Crippen LogP contribution in [0.3, 0.4) is 0 Å². The number of Topliss-reactive ketones (excluding diaryl/α,β-unsaturated/α-hetero) is 1. The van der Waals surface area contributed by atoms with Crippen LogP contribution in [0.5, 0.6) is 11.5 Å². The Morgan fingerprint density at radius 3 is 1.98 bits per heavy atom. The molecule has 14 heteroatoms. The molecule has 348 valence electrons. The number of carboxylic acid groups (broad SMARTS) is 1. The van der Waals surface area contributed by atoms with Crippen LogP contribution in [-0.4, -0.2) is 126 Å². The van der Waals surface area contributed by atoms with Gasteiger partial charge in [0, 0.05) is 52.0 Å². The van der Waals surface area contributed by atoms with E-state index in [0.717, 1.165) is 76.4 Å². The van der Waals surface area contributed by atoms with Crippen molar-refractivity contribution in [3.05, 3.63) is 59.3 Å². The van der Waals surface area contributed by atoms with Crippen molar-refractivity contribution >= 4 is 29.5 Å². The van der Waals surface area contributed by atoms with Gasteiger partial charge in [-0.2, -0.15) is 5.10 Å². The van der Waals surface area contributed by atoms with Gasteiger partial charge in [-0.3, -0.25) is 19.2 Å². The highest BCUT2D eigenvalue weighted by atomic mass is 16.5. The number of hydrogen-bond acceptors (Lipinski definition) is 9. The van der Waals surface area contributed by atoms with Crippen molar-refractivity contribution in [2.75, 3.05) is 61.5 Å². The topological polar surface area (TPSA) is 164 Å². The van der Waals surface area contributed by atoms with Gasteiger partial charge in [0.25, 0.3) is 11.8 Å². The number of aliphatic carboxylic acids is 1. The fourth-order valence-corrected chi connectivity index (χ4v) is 10.7. The minimum atomic E-state index is -1.35. The molecule has 0 saturated heterocycles. The molecule has 7 rings (SSSR count). The number of methoxy groups -OCH3 is 2. The molecule has 2 N–H and O–H groups in total. The molecular weight excluding hydrogens is 813 g/mol. The van der Waals surface area contributed by atoms with Crippen LogP contribution in [0.1, 0.15) is 130 Å². The molecule has 2 aromatic carbocycles.